The summed E-state index contributed by atoms with van der Waals surface area (Å²) in [6.45, 7) is 8.40. The number of esters is 1. The number of hydrogen-bond donors (Lipinski definition) is 1. The Morgan fingerprint density at radius 3 is 2.23 bits per heavy atom. The molecule has 1 aliphatic heterocycles. The molecule has 1 saturated heterocycles. The Hall–Kier alpha value is -0.540. The molecule has 0 bridgehead atoms. The van der Waals surface area contributed by atoms with Gasteiger partial charge in [0.15, 0.2) is 0 Å². The number of piperazine rings is 1. The third-order valence-corrected chi connectivity index (χ3v) is 4.79. The maximum Gasteiger partial charge on any atom is 0.383 e. The molecule has 0 radical (unpaired) electrons. The monoisotopic (exact) mass is 426 g/mol. The average Bonchev–Trinajstić information content (AvgIpc) is 2.62. The van der Waals surface area contributed by atoms with Gasteiger partial charge in [-0.15, -0.1) is 37.4 Å². The van der Waals surface area contributed by atoms with Gasteiger partial charge in [-0.25, -0.2) is 4.79 Å². The minimum Gasteiger partial charge on any atom is -0.422 e. The van der Waals surface area contributed by atoms with Crippen LogP contribution in [0.15, 0.2) is 24.3 Å². The van der Waals surface area contributed by atoms with E-state index in [1.54, 1.807) is 6.07 Å². The number of likely N-dealkylation sites (N-methyl/N-ethyl adjacent to an activating group) is 1. The van der Waals surface area contributed by atoms with Crippen molar-refractivity contribution in [3.05, 3.63) is 29.8 Å². The van der Waals surface area contributed by atoms with Crippen LogP contribution >= 0.6 is 37.4 Å². The first kappa shape index (κ1) is 25.5. The molecule has 1 aliphatic rings. The Labute approximate surface area is 173 Å². The van der Waals surface area contributed by atoms with Gasteiger partial charge in [0.2, 0.25) is 0 Å². The standard InChI is InChI=1S/C17H26N2O4S.2ClH/c1-4-18-8-10-19(11-9-18)13-14-6-5-7-15(12-14)23-16(20)17(24,21-2)22-3;;/h5-7,12,24H,4,8-11,13H2,1-3H3;2*1H. The molecular formula is C17H28Cl2N2O4S. The molecule has 1 aromatic carbocycles. The topological polar surface area (TPSA) is 51.2 Å². The minimum atomic E-state index is -1.70. The molecule has 0 unspecified atom stereocenters. The first-order valence-electron chi connectivity index (χ1n) is 8.09. The number of thiol groups is 1. The van der Waals surface area contributed by atoms with Gasteiger partial charge in [0.25, 0.3) is 0 Å². The van der Waals surface area contributed by atoms with Crippen LogP contribution in [0.25, 0.3) is 0 Å². The summed E-state index contributed by atoms with van der Waals surface area (Å²) in [6.07, 6.45) is 0. The number of carbonyl (C=O) groups is 1. The van der Waals surface area contributed by atoms with E-state index in [1.165, 1.54) is 14.2 Å². The largest absolute Gasteiger partial charge is 0.422 e. The lowest BCUT2D eigenvalue weighted by atomic mass is 10.2. The predicted molar refractivity (Wildman–Crippen MR) is 110 cm³/mol. The summed E-state index contributed by atoms with van der Waals surface area (Å²) < 4.78 is 15.2. The number of hydrogen-bond acceptors (Lipinski definition) is 7. The number of ether oxygens (including phenoxy) is 3. The SMILES string of the molecule is CCN1CCN(Cc2cccc(OC(=O)C(S)(OC)OC)c2)CC1.Cl.Cl. The number of methoxy groups -OCH3 is 2. The van der Waals surface area contributed by atoms with Gasteiger partial charge in [-0.05, 0) is 24.2 Å². The van der Waals surface area contributed by atoms with Crippen LogP contribution in [0.3, 0.4) is 0 Å². The predicted octanol–water partition coefficient (Wildman–Crippen LogP) is 2.45. The number of halogens is 2. The molecule has 0 atom stereocenters. The molecule has 26 heavy (non-hydrogen) atoms. The van der Waals surface area contributed by atoms with Crippen molar-refractivity contribution >= 4 is 43.4 Å². The van der Waals surface area contributed by atoms with Gasteiger partial charge in [0.05, 0.1) is 0 Å². The Balaban J connectivity index is 0.00000312. The van der Waals surface area contributed by atoms with E-state index < -0.39 is 11.1 Å². The van der Waals surface area contributed by atoms with Gasteiger partial charge in [-0.2, -0.15) is 0 Å². The van der Waals surface area contributed by atoms with Crippen molar-refractivity contribution in [1.29, 1.82) is 0 Å². The second-order valence-corrected chi connectivity index (χ2v) is 6.33. The summed E-state index contributed by atoms with van der Waals surface area (Å²) >= 11 is 4.06. The van der Waals surface area contributed by atoms with Crippen molar-refractivity contribution in [1.82, 2.24) is 9.80 Å². The van der Waals surface area contributed by atoms with Crippen molar-refractivity contribution < 1.29 is 19.0 Å². The fourth-order valence-corrected chi connectivity index (χ4v) is 2.70. The zero-order valence-electron chi connectivity index (χ0n) is 15.3. The molecular weight excluding hydrogens is 399 g/mol. The van der Waals surface area contributed by atoms with Crippen molar-refractivity contribution in [3.63, 3.8) is 0 Å². The molecule has 0 aromatic heterocycles. The summed E-state index contributed by atoms with van der Waals surface area (Å²) in [5.41, 5.74) is 1.10. The second-order valence-electron chi connectivity index (χ2n) is 5.74. The highest BCUT2D eigenvalue weighted by molar-refractivity contribution is 7.82. The molecule has 6 nitrogen and oxygen atoms in total. The van der Waals surface area contributed by atoms with Gasteiger partial charge in [-0.3, -0.25) is 4.90 Å². The molecule has 0 aliphatic carbocycles. The second kappa shape index (κ2) is 12.0. The van der Waals surface area contributed by atoms with Crippen LogP contribution in [-0.4, -0.2) is 67.8 Å². The van der Waals surface area contributed by atoms with Crippen LogP contribution in [0.2, 0.25) is 0 Å². The van der Waals surface area contributed by atoms with Gasteiger partial charge in [-0.1, -0.05) is 19.1 Å². The summed E-state index contributed by atoms with van der Waals surface area (Å²) in [7, 11) is 2.67. The Morgan fingerprint density at radius 2 is 1.69 bits per heavy atom. The highest BCUT2D eigenvalue weighted by atomic mass is 35.5. The highest BCUT2D eigenvalue weighted by Gasteiger charge is 2.37. The van der Waals surface area contributed by atoms with Crippen LogP contribution in [0.5, 0.6) is 5.75 Å². The average molecular weight is 427 g/mol. The maximum absolute atomic E-state index is 12.1. The summed E-state index contributed by atoms with van der Waals surface area (Å²) in [5.74, 6) is -0.248. The van der Waals surface area contributed by atoms with Crippen LogP contribution < -0.4 is 4.74 Å². The molecule has 1 fully saturated rings. The zero-order valence-corrected chi connectivity index (χ0v) is 17.9. The van der Waals surface area contributed by atoms with E-state index in [1.807, 2.05) is 18.2 Å². The number of rotatable bonds is 7. The summed E-state index contributed by atoms with van der Waals surface area (Å²) in [6, 6.07) is 7.50. The molecule has 1 aromatic rings. The Morgan fingerprint density at radius 1 is 1.12 bits per heavy atom. The number of carbonyl (C=O) groups excluding carboxylic acids is 1. The van der Waals surface area contributed by atoms with Crippen molar-refractivity contribution in [3.8, 4) is 5.75 Å². The van der Waals surface area contributed by atoms with E-state index >= 15 is 0 Å². The molecule has 9 heteroatoms. The lowest BCUT2D eigenvalue weighted by molar-refractivity contribution is -0.185. The van der Waals surface area contributed by atoms with Crippen molar-refractivity contribution in [2.75, 3.05) is 46.9 Å². The van der Waals surface area contributed by atoms with Gasteiger partial charge >= 0.3 is 11.1 Å². The fraction of sp³-hybridized carbons (Fsp3) is 0.588. The van der Waals surface area contributed by atoms with Crippen LogP contribution in [0.4, 0.5) is 0 Å². The molecule has 0 N–H and O–H groups in total. The lowest BCUT2D eigenvalue weighted by Gasteiger charge is -2.34. The third-order valence-electron chi connectivity index (χ3n) is 4.24. The van der Waals surface area contributed by atoms with E-state index in [0.29, 0.717) is 5.75 Å². The molecule has 0 spiro atoms. The Bertz CT molecular complexity index is 553. The molecule has 150 valence electrons. The first-order valence-corrected chi connectivity index (χ1v) is 8.54. The summed E-state index contributed by atoms with van der Waals surface area (Å²) in [5, 5.41) is -1.70. The van der Waals surface area contributed by atoms with Crippen LogP contribution in [0.1, 0.15) is 12.5 Å². The smallest absolute Gasteiger partial charge is 0.383 e. The maximum atomic E-state index is 12.1. The number of nitrogens with zero attached hydrogens (tertiary/aromatic N) is 2. The van der Waals surface area contributed by atoms with Gasteiger partial charge < -0.3 is 19.1 Å². The highest BCUT2D eigenvalue weighted by Crippen LogP contribution is 2.22. The van der Waals surface area contributed by atoms with E-state index in [4.69, 9.17) is 14.2 Å². The number of benzene rings is 1. The molecule has 2 rings (SSSR count). The molecule has 1 heterocycles. The zero-order chi connectivity index (χ0) is 17.6. The quantitative estimate of drug-likeness (QED) is 0.312. The van der Waals surface area contributed by atoms with E-state index in [-0.39, 0.29) is 24.8 Å². The van der Waals surface area contributed by atoms with E-state index in [2.05, 4.69) is 29.4 Å². The lowest BCUT2D eigenvalue weighted by Crippen LogP contribution is -2.45. The van der Waals surface area contributed by atoms with Crippen LogP contribution in [-0.2, 0) is 20.8 Å². The third kappa shape index (κ3) is 6.88. The molecule has 0 amide bonds. The van der Waals surface area contributed by atoms with E-state index in [0.717, 1.165) is 44.8 Å². The van der Waals surface area contributed by atoms with Gasteiger partial charge in [0, 0.05) is 46.9 Å². The Kier molecular flexibility index (Phi) is 11.8. The summed E-state index contributed by atoms with van der Waals surface area (Å²) in [4.78, 5) is 16.9. The molecule has 0 saturated carbocycles. The normalized spacial score (nSPS) is 15.7. The van der Waals surface area contributed by atoms with Crippen LogP contribution in [0, 0.1) is 0 Å². The van der Waals surface area contributed by atoms with E-state index in [9.17, 15) is 4.79 Å². The van der Waals surface area contributed by atoms with Gasteiger partial charge in [0.1, 0.15) is 5.75 Å². The minimum absolute atomic E-state index is 0. The fourth-order valence-electron chi connectivity index (χ4n) is 2.65. The van der Waals surface area contributed by atoms with Crippen molar-refractivity contribution in [2.45, 2.75) is 18.6 Å². The first-order chi connectivity index (χ1) is 11.5. The van der Waals surface area contributed by atoms with Crippen molar-refractivity contribution in [2.24, 2.45) is 0 Å².